The number of thiophene rings is 1. The fourth-order valence-electron chi connectivity index (χ4n) is 2.78. The number of hydrogen-bond acceptors (Lipinski definition) is 3. The predicted molar refractivity (Wildman–Crippen MR) is 84.8 cm³/mol. The molecule has 0 aliphatic carbocycles. The highest BCUT2D eigenvalue weighted by molar-refractivity contribution is 7.12. The largest absolute Gasteiger partial charge is 0.493 e. The second kappa shape index (κ2) is 5.98. The lowest BCUT2D eigenvalue weighted by atomic mass is 10.0. The van der Waals surface area contributed by atoms with Gasteiger partial charge in [-0.2, -0.15) is 0 Å². The van der Waals surface area contributed by atoms with Gasteiger partial charge in [-0.3, -0.25) is 0 Å². The Labute approximate surface area is 124 Å². The second-order valence-electron chi connectivity index (χ2n) is 5.37. The third-order valence-electron chi connectivity index (χ3n) is 3.93. The number of nitrogens with one attached hydrogen (secondary N) is 1. The molecule has 0 bridgehead atoms. The first-order chi connectivity index (χ1) is 9.76. The van der Waals surface area contributed by atoms with Crippen LogP contribution in [0.4, 0.5) is 0 Å². The lowest BCUT2D eigenvalue weighted by Gasteiger charge is -2.14. The number of ether oxygens (including phenoxy) is 1. The van der Waals surface area contributed by atoms with Crippen molar-refractivity contribution in [3.8, 4) is 5.75 Å². The third-order valence-corrected chi connectivity index (χ3v) is 5.04. The summed E-state index contributed by atoms with van der Waals surface area (Å²) >= 11 is 1.89. The van der Waals surface area contributed by atoms with Gasteiger partial charge in [-0.25, -0.2) is 0 Å². The van der Waals surface area contributed by atoms with Crippen molar-refractivity contribution in [1.29, 1.82) is 0 Å². The zero-order valence-electron chi connectivity index (χ0n) is 12.1. The van der Waals surface area contributed by atoms with E-state index in [-0.39, 0.29) is 0 Å². The highest BCUT2D eigenvalue weighted by atomic mass is 32.1. The predicted octanol–water partition coefficient (Wildman–Crippen LogP) is 3.88. The van der Waals surface area contributed by atoms with Crippen LogP contribution in [0.15, 0.2) is 30.3 Å². The van der Waals surface area contributed by atoms with Gasteiger partial charge in [0.2, 0.25) is 0 Å². The Balaban J connectivity index is 1.66. The standard InChI is InChI=1S/C17H21NOS/c1-12-3-8-17(20-12)15(18-2)6-4-13-5-7-16-14(11-13)9-10-19-16/h3,5,7-8,11,15,18H,4,6,9-10H2,1-2H3. The second-order valence-corrected chi connectivity index (χ2v) is 6.69. The summed E-state index contributed by atoms with van der Waals surface area (Å²) in [4.78, 5) is 2.82. The van der Waals surface area contributed by atoms with Crippen LogP contribution in [0.2, 0.25) is 0 Å². The van der Waals surface area contributed by atoms with Crippen molar-refractivity contribution in [2.75, 3.05) is 13.7 Å². The maximum absolute atomic E-state index is 5.56. The molecule has 0 saturated carbocycles. The quantitative estimate of drug-likeness (QED) is 0.901. The van der Waals surface area contributed by atoms with Crippen molar-refractivity contribution < 1.29 is 4.74 Å². The SMILES string of the molecule is CNC(CCc1ccc2c(c1)CCO2)c1ccc(C)s1. The van der Waals surface area contributed by atoms with Gasteiger partial charge >= 0.3 is 0 Å². The minimum atomic E-state index is 0.457. The summed E-state index contributed by atoms with van der Waals surface area (Å²) in [5, 5.41) is 3.44. The van der Waals surface area contributed by atoms with Crippen LogP contribution in [0.1, 0.15) is 33.3 Å². The Bertz CT molecular complexity index is 590. The molecule has 20 heavy (non-hydrogen) atoms. The van der Waals surface area contributed by atoms with Gasteiger partial charge in [-0.15, -0.1) is 11.3 Å². The van der Waals surface area contributed by atoms with E-state index < -0.39 is 0 Å². The van der Waals surface area contributed by atoms with Gasteiger partial charge in [0, 0.05) is 22.2 Å². The van der Waals surface area contributed by atoms with E-state index in [1.165, 1.54) is 20.9 Å². The van der Waals surface area contributed by atoms with E-state index in [1.807, 2.05) is 11.3 Å². The smallest absolute Gasteiger partial charge is 0.122 e. The van der Waals surface area contributed by atoms with E-state index in [0.29, 0.717) is 6.04 Å². The Morgan fingerprint density at radius 3 is 2.95 bits per heavy atom. The van der Waals surface area contributed by atoms with E-state index in [0.717, 1.165) is 31.6 Å². The molecule has 1 N–H and O–H groups in total. The average Bonchev–Trinajstić information content (AvgIpc) is 3.08. The molecule has 0 spiro atoms. The number of rotatable bonds is 5. The first kappa shape index (κ1) is 13.7. The first-order valence-corrected chi connectivity index (χ1v) is 8.06. The first-order valence-electron chi connectivity index (χ1n) is 7.24. The van der Waals surface area contributed by atoms with Gasteiger partial charge in [0.05, 0.1) is 6.61 Å². The van der Waals surface area contributed by atoms with Crippen LogP contribution in [-0.4, -0.2) is 13.7 Å². The zero-order valence-corrected chi connectivity index (χ0v) is 12.9. The maximum atomic E-state index is 5.56. The number of hydrogen-bond donors (Lipinski definition) is 1. The van der Waals surface area contributed by atoms with Gasteiger partial charge in [-0.1, -0.05) is 12.1 Å². The van der Waals surface area contributed by atoms with Crippen LogP contribution in [0.25, 0.3) is 0 Å². The molecule has 0 fully saturated rings. The van der Waals surface area contributed by atoms with Crippen LogP contribution in [0.5, 0.6) is 5.75 Å². The average molecular weight is 287 g/mol. The minimum absolute atomic E-state index is 0.457. The molecule has 2 nitrogen and oxygen atoms in total. The van der Waals surface area contributed by atoms with E-state index in [9.17, 15) is 0 Å². The zero-order chi connectivity index (χ0) is 13.9. The maximum Gasteiger partial charge on any atom is 0.122 e. The van der Waals surface area contributed by atoms with Gasteiger partial charge in [-0.05, 0) is 56.1 Å². The Morgan fingerprint density at radius 1 is 1.30 bits per heavy atom. The summed E-state index contributed by atoms with van der Waals surface area (Å²) < 4.78 is 5.56. The lowest BCUT2D eigenvalue weighted by Crippen LogP contribution is -2.15. The Morgan fingerprint density at radius 2 is 2.20 bits per heavy atom. The van der Waals surface area contributed by atoms with Crippen molar-refractivity contribution in [3.05, 3.63) is 51.2 Å². The normalized spacial score (nSPS) is 14.9. The fourth-order valence-corrected chi connectivity index (χ4v) is 3.80. The molecule has 106 valence electrons. The summed E-state index contributed by atoms with van der Waals surface area (Å²) in [7, 11) is 2.05. The lowest BCUT2D eigenvalue weighted by molar-refractivity contribution is 0.357. The van der Waals surface area contributed by atoms with Crippen molar-refractivity contribution in [2.24, 2.45) is 0 Å². The summed E-state index contributed by atoms with van der Waals surface area (Å²) in [5.74, 6) is 1.08. The molecule has 3 heteroatoms. The Kier molecular flexibility index (Phi) is 4.08. The molecule has 0 saturated heterocycles. The van der Waals surface area contributed by atoms with E-state index in [2.05, 4.69) is 49.6 Å². The monoisotopic (exact) mass is 287 g/mol. The van der Waals surface area contributed by atoms with Crippen molar-refractivity contribution in [1.82, 2.24) is 5.32 Å². The van der Waals surface area contributed by atoms with Gasteiger partial charge in [0.25, 0.3) is 0 Å². The molecule has 1 unspecified atom stereocenters. The molecular formula is C17H21NOS. The van der Waals surface area contributed by atoms with Gasteiger partial charge in [0.1, 0.15) is 5.75 Å². The highest BCUT2D eigenvalue weighted by Gasteiger charge is 2.14. The minimum Gasteiger partial charge on any atom is -0.493 e. The summed E-state index contributed by atoms with van der Waals surface area (Å²) in [6, 6.07) is 11.6. The third kappa shape index (κ3) is 2.89. The van der Waals surface area contributed by atoms with Crippen molar-refractivity contribution >= 4 is 11.3 Å². The molecule has 0 amide bonds. The highest BCUT2D eigenvalue weighted by Crippen LogP contribution is 2.29. The molecule has 1 aromatic heterocycles. The molecular weight excluding hydrogens is 266 g/mol. The van der Waals surface area contributed by atoms with Crippen molar-refractivity contribution in [2.45, 2.75) is 32.2 Å². The number of benzene rings is 1. The molecule has 2 aromatic rings. The topological polar surface area (TPSA) is 21.3 Å². The summed E-state index contributed by atoms with van der Waals surface area (Å²) in [6.45, 7) is 3.01. The van der Waals surface area contributed by atoms with Crippen LogP contribution in [-0.2, 0) is 12.8 Å². The molecule has 0 radical (unpaired) electrons. The Hall–Kier alpha value is -1.32. The van der Waals surface area contributed by atoms with E-state index in [1.54, 1.807) is 0 Å². The molecule has 3 rings (SSSR count). The summed E-state index contributed by atoms with van der Waals surface area (Å²) in [6.07, 6.45) is 3.30. The molecule has 1 aliphatic heterocycles. The van der Waals surface area contributed by atoms with Crippen molar-refractivity contribution in [3.63, 3.8) is 0 Å². The van der Waals surface area contributed by atoms with Gasteiger partial charge in [0.15, 0.2) is 0 Å². The van der Waals surface area contributed by atoms with Crippen LogP contribution < -0.4 is 10.1 Å². The summed E-state index contributed by atoms with van der Waals surface area (Å²) in [5.41, 5.74) is 2.79. The fraction of sp³-hybridized carbons (Fsp3) is 0.412. The van der Waals surface area contributed by atoms with Crippen LogP contribution in [0, 0.1) is 6.92 Å². The van der Waals surface area contributed by atoms with Crippen LogP contribution in [0.3, 0.4) is 0 Å². The molecule has 1 aliphatic rings. The molecule has 1 aromatic carbocycles. The van der Waals surface area contributed by atoms with Crippen LogP contribution >= 0.6 is 11.3 Å². The van der Waals surface area contributed by atoms with E-state index >= 15 is 0 Å². The van der Waals surface area contributed by atoms with Gasteiger partial charge < -0.3 is 10.1 Å². The molecule has 1 atom stereocenters. The number of aryl methyl sites for hydroxylation is 2. The number of fused-ring (bicyclic) bond motifs is 1. The molecule has 2 heterocycles. The van der Waals surface area contributed by atoms with E-state index in [4.69, 9.17) is 4.74 Å².